The molecule has 1 N–H and O–H groups in total. The molecule has 1 aromatic heterocycles. The first-order valence-corrected chi connectivity index (χ1v) is 6.78. The Hall–Kier alpha value is -0.940. The monoisotopic (exact) mass is 253 g/mol. The Balaban J connectivity index is 2.03. The van der Waals surface area contributed by atoms with Crippen LogP contribution in [-0.2, 0) is 16.8 Å². The summed E-state index contributed by atoms with van der Waals surface area (Å²) in [5.74, 6) is 0.170. The van der Waals surface area contributed by atoms with Crippen molar-refractivity contribution < 1.29 is 4.79 Å². The van der Waals surface area contributed by atoms with Crippen molar-refractivity contribution in [2.45, 2.75) is 32.7 Å². The van der Waals surface area contributed by atoms with Crippen LogP contribution in [0.1, 0.15) is 31.5 Å². The Morgan fingerprint density at radius 3 is 2.88 bits per heavy atom. The van der Waals surface area contributed by atoms with Crippen LogP contribution in [0.5, 0.6) is 0 Å². The fraction of sp³-hybridized carbons (Fsp3) is 0.667. The summed E-state index contributed by atoms with van der Waals surface area (Å²) in [6.07, 6.45) is 0. The molecule has 1 aliphatic heterocycles. The molecule has 0 aromatic carbocycles. The number of aromatic nitrogens is 1. The number of rotatable bonds is 2. The zero-order valence-electron chi connectivity index (χ0n) is 10.6. The van der Waals surface area contributed by atoms with E-state index in [0.29, 0.717) is 13.1 Å². The highest BCUT2D eigenvalue weighted by Crippen LogP contribution is 2.24. The quantitative estimate of drug-likeness (QED) is 0.866. The molecule has 1 aromatic rings. The summed E-state index contributed by atoms with van der Waals surface area (Å²) in [6.45, 7) is 9.23. The van der Waals surface area contributed by atoms with Crippen LogP contribution in [0.3, 0.4) is 0 Å². The molecule has 4 nitrogen and oxygen atoms in total. The molecule has 17 heavy (non-hydrogen) atoms. The number of piperazine rings is 1. The Morgan fingerprint density at radius 1 is 1.53 bits per heavy atom. The molecule has 94 valence electrons. The van der Waals surface area contributed by atoms with Gasteiger partial charge >= 0.3 is 0 Å². The summed E-state index contributed by atoms with van der Waals surface area (Å²) >= 11 is 1.65. The van der Waals surface area contributed by atoms with Crippen molar-refractivity contribution in [3.05, 3.63) is 16.1 Å². The van der Waals surface area contributed by atoms with Crippen LogP contribution < -0.4 is 5.32 Å². The molecule has 1 aliphatic rings. The zero-order chi connectivity index (χ0) is 12.5. The van der Waals surface area contributed by atoms with Crippen LogP contribution in [0.15, 0.2) is 5.38 Å². The Bertz CT molecular complexity index is 408. The van der Waals surface area contributed by atoms with Gasteiger partial charge in [-0.2, -0.15) is 0 Å². The number of nitrogens with one attached hydrogen (secondary N) is 1. The van der Waals surface area contributed by atoms with E-state index in [2.05, 4.69) is 36.5 Å². The zero-order valence-corrected chi connectivity index (χ0v) is 11.4. The van der Waals surface area contributed by atoms with Gasteiger partial charge in [-0.05, 0) is 0 Å². The number of hydrogen-bond donors (Lipinski definition) is 1. The van der Waals surface area contributed by atoms with Gasteiger partial charge in [0.2, 0.25) is 5.91 Å². The van der Waals surface area contributed by atoms with Gasteiger partial charge < -0.3 is 10.2 Å². The summed E-state index contributed by atoms with van der Waals surface area (Å²) in [6, 6.07) is 0. The van der Waals surface area contributed by atoms with Crippen molar-refractivity contribution in [3.8, 4) is 0 Å². The molecule has 2 rings (SSSR count). The normalized spacial score (nSPS) is 17.6. The minimum absolute atomic E-state index is 0.0855. The standard InChI is InChI=1S/C12H19N3OS/c1-12(2,3)9-8-17-10(14-9)7-15-5-4-13-6-11(15)16/h8,13H,4-7H2,1-3H3. The maximum Gasteiger partial charge on any atom is 0.236 e. The lowest BCUT2D eigenvalue weighted by atomic mass is 9.93. The van der Waals surface area contributed by atoms with Gasteiger partial charge in [-0.1, -0.05) is 20.8 Å². The summed E-state index contributed by atoms with van der Waals surface area (Å²) < 4.78 is 0. The third-order valence-corrected chi connectivity index (χ3v) is 3.67. The minimum atomic E-state index is 0.0855. The molecule has 1 fully saturated rings. The van der Waals surface area contributed by atoms with Gasteiger partial charge in [-0.3, -0.25) is 4.79 Å². The largest absolute Gasteiger partial charge is 0.334 e. The molecule has 0 atom stereocenters. The second-order valence-corrected chi connectivity index (χ2v) is 6.31. The van der Waals surface area contributed by atoms with E-state index in [-0.39, 0.29) is 11.3 Å². The van der Waals surface area contributed by atoms with Crippen LogP contribution in [0, 0.1) is 0 Å². The van der Waals surface area contributed by atoms with Crippen molar-refractivity contribution in [2.75, 3.05) is 19.6 Å². The predicted octanol–water partition coefficient (Wildman–Crippen LogP) is 1.37. The number of amides is 1. The summed E-state index contributed by atoms with van der Waals surface area (Å²) in [7, 11) is 0. The maximum absolute atomic E-state index is 11.6. The summed E-state index contributed by atoms with van der Waals surface area (Å²) in [4.78, 5) is 18.1. The van der Waals surface area contributed by atoms with Crippen molar-refractivity contribution in [2.24, 2.45) is 0 Å². The van der Waals surface area contributed by atoms with E-state index in [9.17, 15) is 4.79 Å². The van der Waals surface area contributed by atoms with Crippen LogP contribution >= 0.6 is 11.3 Å². The Morgan fingerprint density at radius 2 is 2.29 bits per heavy atom. The highest BCUT2D eigenvalue weighted by atomic mass is 32.1. The van der Waals surface area contributed by atoms with Gasteiger partial charge in [0.05, 0.1) is 18.8 Å². The van der Waals surface area contributed by atoms with Gasteiger partial charge in [0, 0.05) is 23.9 Å². The third kappa shape index (κ3) is 3.04. The predicted molar refractivity (Wildman–Crippen MR) is 69.1 cm³/mol. The van der Waals surface area contributed by atoms with E-state index in [1.165, 1.54) is 0 Å². The fourth-order valence-corrected chi connectivity index (χ4v) is 2.74. The molecule has 0 radical (unpaired) electrons. The molecular formula is C12H19N3OS. The first kappa shape index (κ1) is 12.5. The Kier molecular flexibility index (Phi) is 3.49. The average molecular weight is 253 g/mol. The van der Waals surface area contributed by atoms with Crippen LogP contribution in [0.4, 0.5) is 0 Å². The lowest BCUT2D eigenvalue weighted by molar-refractivity contribution is -0.132. The number of thiazole rings is 1. The maximum atomic E-state index is 11.6. The topological polar surface area (TPSA) is 45.2 Å². The molecule has 1 amide bonds. The van der Waals surface area contributed by atoms with E-state index in [4.69, 9.17) is 0 Å². The molecule has 0 spiro atoms. The van der Waals surface area contributed by atoms with E-state index < -0.39 is 0 Å². The number of nitrogens with zero attached hydrogens (tertiary/aromatic N) is 2. The van der Waals surface area contributed by atoms with Crippen molar-refractivity contribution in [1.82, 2.24) is 15.2 Å². The smallest absolute Gasteiger partial charge is 0.236 e. The first-order valence-electron chi connectivity index (χ1n) is 5.90. The first-order chi connectivity index (χ1) is 7.97. The number of hydrogen-bond acceptors (Lipinski definition) is 4. The second kappa shape index (κ2) is 4.74. The fourth-order valence-electron chi connectivity index (χ4n) is 1.70. The van der Waals surface area contributed by atoms with E-state index >= 15 is 0 Å². The molecule has 2 heterocycles. The molecule has 0 bridgehead atoms. The summed E-state index contributed by atoms with van der Waals surface area (Å²) in [5.41, 5.74) is 1.20. The van der Waals surface area contributed by atoms with Crippen LogP contribution in [0.25, 0.3) is 0 Å². The number of carbonyl (C=O) groups is 1. The van der Waals surface area contributed by atoms with Gasteiger partial charge in [0.15, 0.2) is 0 Å². The summed E-state index contributed by atoms with van der Waals surface area (Å²) in [5, 5.41) is 6.20. The van der Waals surface area contributed by atoms with E-state index in [1.54, 1.807) is 11.3 Å². The van der Waals surface area contributed by atoms with E-state index in [1.807, 2.05) is 4.90 Å². The minimum Gasteiger partial charge on any atom is -0.334 e. The highest BCUT2D eigenvalue weighted by Gasteiger charge is 2.21. The second-order valence-electron chi connectivity index (χ2n) is 5.37. The van der Waals surface area contributed by atoms with E-state index in [0.717, 1.165) is 23.8 Å². The molecule has 0 unspecified atom stereocenters. The van der Waals surface area contributed by atoms with Crippen molar-refractivity contribution >= 4 is 17.2 Å². The van der Waals surface area contributed by atoms with Gasteiger partial charge in [0.1, 0.15) is 5.01 Å². The molecular weight excluding hydrogens is 234 g/mol. The molecule has 0 saturated carbocycles. The lowest BCUT2D eigenvalue weighted by Gasteiger charge is -2.26. The SMILES string of the molecule is CC(C)(C)c1csc(CN2CCNCC2=O)n1. The van der Waals surface area contributed by atoms with Gasteiger partial charge in [-0.25, -0.2) is 4.98 Å². The third-order valence-electron chi connectivity index (χ3n) is 2.83. The van der Waals surface area contributed by atoms with Crippen LogP contribution in [0.2, 0.25) is 0 Å². The number of carbonyl (C=O) groups excluding carboxylic acids is 1. The van der Waals surface area contributed by atoms with Crippen molar-refractivity contribution in [3.63, 3.8) is 0 Å². The van der Waals surface area contributed by atoms with Gasteiger partial charge in [0.25, 0.3) is 0 Å². The van der Waals surface area contributed by atoms with Gasteiger partial charge in [-0.15, -0.1) is 11.3 Å². The molecule has 5 heteroatoms. The Labute approximate surface area is 106 Å². The molecule has 0 aliphatic carbocycles. The molecule has 1 saturated heterocycles. The lowest BCUT2D eigenvalue weighted by Crippen LogP contribution is -2.47. The highest BCUT2D eigenvalue weighted by molar-refractivity contribution is 7.09. The van der Waals surface area contributed by atoms with Crippen molar-refractivity contribution in [1.29, 1.82) is 0 Å². The average Bonchev–Trinajstić information content (AvgIpc) is 2.69. The van der Waals surface area contributed by atoms with Crippen LogP contribution in [-0.4, -0.2) is 35.4 Å².